The molecule has 0 aliphatic rings. The number of phenolic OH excluding ortho intramolecular Hbond substituents is 1. The Morgan fingerprint density at radius 1 is 1.06 bits per heavy atom. The van der Waals surface area contributed by atoms with E-state index in [-0.39, 0.29) is 39.4 Å². The minimum atomic E-state index is -1.37. The largest absolute Gasteiger partial charge is 0.507 e. The number of carbonyl (C=O) groups is 3. The fourth-order valence-corrected chi connectivity index (χ4v) is 6.07. The number of aliphatic hydroxyl groups is 1. The summed E-state index contributed by atoms with van der Waals surface area (Å²) in [7, 11) is 1.24. The van der Waals surface area contributed by atoms with Crippen molar-refractivity contribution in [1.82, 2.24) is 0 Å². The highest BCUT2D eigenvalue weighted by molar-refractivity contribution is 8.00. The molecule has 0 bridgehead atoms. The van der Waals surface area contributed by atoms with E-state index in [1.807, 2.05) is 19.1 Å². The van der Waals surface area contributed by atoms with Crippen molar-refractivity contribution >= 4 is 40.5 Å². The van der Waals surface area contributed by atoms with Crippen LogP contribution in [0.25, 0.3) is 11.0 Å². The molecule has 0 aliphatic heterocycles. The summed E-state index contributed by atoms with van der Waals surface area (Å²) in [6, 6.07) is 10.4. The molecule has 49 heavy (non-hydrogen) atoms. The van der Waals surface area contributed by atoms with Crippen LogP contribution >= 0.6 is 11.8 Å². The van der Waals surface area contributed by atoms with Crippen LogP contribution in [0.2, 0.25) is 0 Å². The van der Waals surface area contributed by atoms with E-state index in [0.717, 1.165) is 31.7 Å². The number of ketones is 1. The molecular formula is C37H38O11S. The van der Waals surface area contributed by atoms with Gasteiger partial charge in [-0.15, -0.1) is 11.8 Å². The van der Waals surface area contributed by atoms with Crippen LogP contribution in [0.1, 0.15) is 88.2 Å². The predicted molar refractivity (Wildman–Crippen MR) is 184 cm³/mol. The van der Waals surface area contributed by atoms with E-state index < -0.39 is 34.5 Å². The summed E-state index contributed by atoms with van der Waals surface area (Å²) in [6.45, 7) is 3.86. The lowest BCUT2D eigenvalue weighted by Gasteiger charge is -2.18. The van der Waals surface area contributed by atoms with E-state index >= 15 is 0 Å². The maximum Gasteiger partial charge on any atom is 0.371 e. The molecule has 0 fully saturated rings. The normalized spacial score (nSPS) is 12.8. The molecule has 4 aromatic rings. The Morgan fingerprint density at radius 2 is 1.86 bits per heavy atom. The second kappa shape index (κ2) is 17.4. The number of carboxylic acid groups (broad SMARTS) is 1. The highest BCUT2D eigenvalue weighted by atomic mass is 32.2. The van der Waals surface area contributed by atoms with Crippen molar-refractivity contribution in [2.75, 3.05) is 13.7 Å². The zero-order chi connectivity index (χ0) is 35.5. The van der Waals surface area contributed by atoms with Crippen molar-refractivity contribution in [2.45, 2.75) is 62.2 Å². The van der Waals surface area contributed by atoms with Crippen LogP contribution in [0.15, 0.2) is 91.6 Å². The maximum atomic E-state index is 12.4. The Kier molecular flexibility index (Phi) is 13.0. The number of aliphatic hydroxyl groups excluding tert-OH is 1. The average molecular weight is 691 g/mol. The summed E-state index contributed by atoms with van der Waals surface area (Å²) in [6.07, 6.45) is 11.1. The first-order valence-corrected chi connectivity index (χ1v) is 16.6. The number of aromatic hydroxyl groups is 1. The average Bonchev–Trinajstić information content (AvgIpc) is 3.58. The van der Waals surface area contributed by atoms with Crippen LogP contribution in [-0.4, -0.2) is 52.0 Å². The quantitative estimate of drug-likeness (QED) is 0.0332. The fourth-order valence-electron chi connectivity index (χ4n) is 5.00. The highest BCUT2D eigenvalue weighted by Gasteiger charge is 2.25. The summed E-state index contributed by atoms with van der Waals surface area (Å²) in [4.78, 5) is 48.1. The topological polar surface area (TPSA) is 174 Å². The molecule has 2 atom stereocenters. The van der Waals surface area contributed by atoms with Gasteiger partial charge in [-0.3, -0.25) is 9.59 Å². The van der Waals surface area contributed by atoms with Crippen LogP contribution in [0.5, 0.6) is 11.5 Å². The van der Waals surface area contributed by atoms with Crippen molar-refractivity contribution in [3.8, 4) is 11.5 Å². The number of fused-ring (bicyclic) bond motifs is 1. The summed E-state index contributed by atoms with van der Waals surface area (Å²) < 4.78 is 21.6. The Hall–Kier alpha value is -5.07. The number of methoxy groups -OCH3 is 1. The fraction of sp³-hybridized carbons (Fsp3) is 0.297. The van der Waals surface area contributed by atoms with Gasteiger partial charge in [-0.1, -0.05) is 37.6 Å². The smallest absolute Gasteiger partial charge is 0.371 e. The molecule has 12 heteroatoms. The third-order valence-electron chi connectivity index (χ3n) is 7.52. The molecule has 0 saturated carbocycles. The number of thioether (sulfide) groups is 1. The van der Waals surface area contributed by atoms with Gasteiger partial charge >= 0.3 is 11.9 Å². The zero-order valence-corrected chi connectivity index (χ0v) is 28.2. The van der Waals surface area contributed by atoms with Gasteiger partial charge in [0.15, 0.2) is 11.2 Å². The number of rotatable bonds is 17. The summed E-state index contributed by atoms with van der Waals surface area (Å²) in [5.41, 5.74) is 0.682. The van der Waals surface area contributed by atoms with Crippen LogP contribution < -0.4 is 10.2 Å². The molecule has 258 valence electrons. The first-order valence-electron chi connectivity index (χ1n) is 15.7. The number of unbranched alkanes of at least 4 members (excludes halogenated alkanes) is 2. The summed E-state index contributed by atoms with van der Waals surface area (Å²) in [5, 5.41) is 30.7. The van der Waals surface area contributed by atoms with Crippen molar-refractivity contribution in [2.24, 2.45) is 0 Å². The molecular weight excluding hydrogens is 652 g/mol. The van der Waals surface area contributed by atoms with Crippen LogP contribution in [0.4, 0.5) is 0 Å². The molecule has 2 heterocycles. The number of ether oxygens (including phenoxy) is 2. The van der Waals surface area contributed by atoms with Gasteiger partial charge in [-0.05, 0) is 69.0 Å². The van der Waals surface area contributed by atoms with Crippen molar-refractivity contribution in [3.05, 3.63) is 111 Å². The maximum absolute atomic E-state index is 12.4. The Labute approximate surface area is 286 Å². The number of furan rings is 1. The van der Waals surface area contributed by atoms with E-state index in [1.54, 1.807) is 30.4 Å². The lowest BCUT2D eigenvalue weighted by Crippen LogP contribution is -2.12. The van der Waals surface area contributed by atoms with Gasteiger partial charge in [0, 0.05) is 16.5 Å². The van der Waals surface area contributed by atoms with Gasteiger partial charge in [0.1, 0.15) is 35.2 Å². The molecule has 2 aromatic heterocycles. The Morgan fingerprint density at radius 3 is 2.57 bits per heavy atom. The minimum absolute atomic E-state index is 0.0151. The van der Waals surface area contributed by atoms with Gasteiger partial charge in [0.2, 0.25) is 5.76 Å². The van der Waals surface area contributed by atoms with Crippen molar-refractivity contribution < 1.29 is 48.0 Å². The van der Waals surface area contributed by atoms with E-state index in [0.29, 0.717) is 29.2 Å². The molecule has 4 rings (SSSR count). The summed E-state index contributed by atoms with van der Waals surface area (Å²) >= 11 is 1.22. The van der Waals surface area contributed by atoms with E-state index in [9.17, 15) is 34.5 Å². The number of allylic oxidation sites excluding steroid dienone is 3. The molecule has 0 saturated heterocycles. The molecule has 0 amide bonds. The Balaban J connectivity index is 1.41. The molecule has 2 aromatic carbocycles. The molecule has 0 aliphatic carbocycles. The number of benzene rings is 2. The second-order valence-corrected chi connectivity index (χ2v) is 12.3. The standard InChI is InChI=1S/C37H38O11S/c1-4-11-27-29(16-15-25(22(2)38)34(27)40)46-17-10-8-6-5-7-9-12-33(35(41)31-18-23(21-47-31)37(44)45-3)49-24-13-14-26-28(39)20-32(36(42)43)48-30(26)19-24/h5,7,9,12-16,18-21,33,35,40-41H,4,6,8,10-11,17H2,1-3H3,(H,42,43)/b7-5-,12-9+/t33-,35+/m0/s1. The number of hydrogen-bond acceptors (Lipinski definition) is 11. The molecule has 11 nitrogen and oxygen atoms in total. The first kappa shape index (κ1) is 36.8. The van der Waals surface area contributed by atoms with E-state index in [1.165, 1.54) is 50.3 Å². The number of carboxylic acids is 1. The summed E-state index contributed by atoms with van der Waals surface area (Å²) in [5.74, 6) is -1.96. The van der Waals surface area contributed by atoms with Gasteiger partial charge in [0.05, 0.1) is 35.5 Å². The highest BCUT2D eigenvalue weighted by Crippen LogP contribution is 2.36. The predicted octanol–water partition coefficient (Wildman–Crippen LogP) is 7.29. The van der Waals surface area contributed by atoms with E-state index in [2.05, 4.69) is 0 Å². The van der Waals surface area contributed by atoms with Crippen LogP contribution in [0.3, 0.4) is 0 Å². The molecule has 0 spiro atoms. The van der Waals surface area contributed by atoms with Crippen LogP contribution in [-0.2, 0) is 11.2 Å². The number of Topliss-reactive ketones (excluding diaryl/α,β-unsaturated/α-hetero) is 1. The third-order valence-corrected chi connectivity index (χ3v) is 8.73. The SMILES string of the molecule is CCCc1c(OCCCC/C=C\C=C\[C@H](Sc2ccc3c(=O)cc(C(=O)O)oc3c2)[C@H](O)c2cc(C(=O)OC)co2)ccc(C(C)=O)c1O. The van der Waals surface area contributed by atoms with Gasteiger partial charge in [0.25, 0.3) is 0 Å². The van der Waals surface area contributed by atoms with Gasteiger partial charge in [-0.25, -0.2) is 9.59 Å². The van der Waals surface area contributed by atoms with Gasteiger partial charge in [-0.2, -0.15) is 0 Å². The monoisotopic (exact) mass is 690 g/mol. The number of aromatic carboxylic acids is 1. The van der Waals surface area contributed by atoms with Crippen LogP contribution in [0, 0.1) is 0 Å². The number of hydrogen-bond donors (Lipinski definition) is 3. The lowest BCUT2D eigenvalue weighted by atomic mass is 10.0. The number of carbonyl (C=O) groups excluding carboxylic acids is 2. The van der Waals surface area contributed by atoms with Gasteiger partial charge < -0.3 is 33.6 Å². The number of esters is 1. The first-order chi connectivity index (χ1) is 23.5. The lowest BCUT2D eigenvalue weighted by molar-refractivity contribution is 0.0598. The third kappa shape index (κ3) is 9.52. The molecule has 0 unspecified atom stereocenters. The van der Waals surface area contributed by atoms with E-state index in [4.69, 9.17) is 18.3 Å². The molecule has 3 N–H and O–H groups in total. The number of phenols is 1. The van der Waals surface area contributed by atoms with Crippen molar-refractivity contribution in [3.63, 3.8) is 0 Å². The second-order valence-electron chi connectivity index (χ2n) is 11.1. The zero-order valence-electron chi connectivity index (χ0n) is 27.3. The minimum Gasteiger partial charge on any atom is -0.507 e. The van der Waals surface area contributed by atoms with Crippen molar-refractivity contribution in [1.29, 1.82) is 0 Å². The Bertz CT molecular complexity index is 1920. The molecule has 0 radical (unpaired) electrons.